The summed E-state index contributed by atoms with van der Waals surface area (Å²) in [6, 6.07) is 9.16. The van der Waals surface area contributed by atoms with Crippen LogP contribution in [0.25, 0.3) is 11.0 Å². The molecule has 0 unspecified atom stereocenters. The van der Waals surface area contributed by atoms with Crippen LogP contribution >= 0.6 is 0 Å². The summed E-state index contributed by atoms with van der Waals surface area (Å²) in [5.74, 6) is -1.10. The number of hydrogen-bond acceptors (Lipinski definition) is 4. The van der Waals surface area contributed by atoms with Crippen molar-refractivity contribution in [1.29, 1.82) is 0 Å². The van der Waals surface area contributed by atoms with Gasteiger partial charge in [-0.3, -0.25) is 14.3 Å². The minimum atomic E-state index is -0.608. The van der Waals surface area contributed by atoms with E-state index in [-0.39, 0.29) is 18.2 Å². The van der Waals surface area contributed by atoms with E-state index in [1.807, 2.05) is 30.5 Å². The smallest absolute Gasteiger partial charge is 0.289 e. The Morgan fingerprint density at radius 2 is 2.12 bits per heavy atom. The monoisotopic (exact) mass is 324 g/mol. The molecular weight excluding hydrogens is 308 g/mol. The molecule has 7 heteroatoms. The number of hydrogen-bond donors (Lipinski definition) is 1. The molecule has 7 nitrogen and oxygen atoms in total. The quantitative estimate of drug-likeness (QED) is 0.770. The summed E-state index contributed by atoms with van der Waals surface area (Å²) in [6.45, 7) is 0.581. The van der Waals surface area contributed by atoms with E-state index < -0.39 is 11.8 Å². The molecule has 0 spiro atoms. The van der Waals surface area contributed by atoms with Crippen LogP contribution in [0, 0.1) is 0 Å². The molecular formula is C17H16N4O3. The molecule has 4 rings (SSSR count). The highest BCUT2D eigenvalue weighted by Gasteiger charge is 2.35. The predicted octanol–water partition coefficient (Wildman–Crippen LogP) is 1.39. The van der Waals surface area contributed by atoms with Gasteiger partial charge in [0.05, 0.1) is 11.6 Å². The van der Waals surface area contributed by atoms with Crippen LogP contribution in [-0.4, -0.2) is 33.0 Å². The second kappa shape index (κ2) is 5.23. The lowest BCUT2D eigenvalue weighted by Crippen LogP contribution is -2.42. The summed E-state index contributed by atoms with van der Waals surface area (Å²) in [5, 5.41) is 5.18. The van der Waals surface area contributed by atoms with Crippen molar-refractivity contribution >= 4 is 22.8 Å². The van der Waals surface area contributed by atoms with Crippen LogP contribution in [-0.2, 0) is 18.4 Å². The average molecular weight is 324 g/mol. The van der Waals surface area contributed by atoms with E-state index in [0.29, 0.717) is 17.8 Å². The fraction of sp³-hybridized carbons (Fsp3) is 0.235. The summed E-state index contributed by atoms with van der Waals surface area (Å²) in [7, 11) is 1.78. The van der Waals surface area contributed by atoms with Gasteiger partial charge in [-0.1, -0.05) is 18.2 Å². The van der Waals surface area contributed by atoms with Crippen molar-refractivity contribution in [2.45, 2.75) is 12.5 Å². The molecule has 2 N–H and O–H groups in total. The van der Waals surface area contributed by atoms with Gasteiger partial charge in [-0.25, -0.2) is 0 Å². The topological polar surface area (TPSA) is 94.4 Å². The number of primary amides is 1. The highest BCUT2D eigenvalue weighted by Crippen LogP contribution is 2.29. The number of rotatable bonds is 2. The Balaban J connectivity index is 1.69. The first kappa shape index (κ1) is 14.5. The summed E-state index contributed by atoms with van der Waals surface area (Å²) in [6.07, 6.45) is 1.81. The van der Waals surface area contributed by atoms with Crippen LogP contribution in [0.3, 0.4) is 0 Å². The van der Waals surface area contributed by atoms with Gasteiger partial charge in [-0.2, -0.15) is 5.10 Å². The zero-order valence-corrected chi connectivity index (χ0v) is 13.1. The highest BCUT2D eigenvalue weighted by atomic mass is 16.3. The van der Waals surface area contributed by atoms with E-state index in [9.17, 15) is 9.59 Å². The first-order valence-corrected chi connectivity index (χ1v) is 7.62. The van der Waals surface area contributed by atoms with Gasteiger partial charge in [0.2, 0.25) is 5.91 Å². The molecule has 2 amide bonds. The molecule has 0 saturated heterocycles. The van der Waals surface area contributed by atoms with Crippen molar-refractivity contribution < 1.29 is 14.0 Å². The van der Waals surface area contributed by atoms with Crippen LogP contribution in [0.15, 0.2) is 40.9 Å². The van der Waals surface area contributed by atoms with Crippen LogP contribution in [0.4, 0.5) is 0 Å². The molecule has 0 saturated carbocycles. The number of benzene rings is 1. The minimum Gasteiger partial charge on any atom is -0.451 e. The maximum Gasteiger partial charge on any atom is 0.289 e. The van der Waals surface area contributed by atoms with Gasteiger partial charge in [-0.05, 0) is 12.1 Å². The Kier molecular flexibility index (Phi) is 3.16. The lowest BCUT2D eigenvalue weighted by Gasteiger charge is -2.29. The number of carbonyl (C=O) groups is 2. The molecule has 0 radical (unpaired) electrons. The number of fused-ring (bicyclic) bond motifs is 2. The molecule has 0 aliphatic carbocycles. The number of aryl methyl sites for hydroxylation is 1. The van der Waals surface area contributed by atoms with Crippen LogP contribution in [0.2, 0.25) is 0 Å². The second-order valence-corrected chi connectivity index (χ2v) is 6.00. The van der Waals surface area contributed by atoms with E-state index >= 15 is 0 Å². The number of carbonyl (C=O) groups excluding carboxylic acids is 2. The van der Waals surface area contributed by atoms with Crippen molar-refractivity contribution in [2.75, 3.05) is 6.54 Å². The number of amides is 2. The van der Waals surface area contributed by atoms with Crippen molar-refractivity contribution in [2.24, 2.45) is 12.8 Å². The fourth-order valence-electron chi connectivity index (χ4n) is 3.17. The van der Waals surface area contributed by atoms with E-state index in [0.717, 1.165) is 10.9 Å². The fourth-order valence-corrected chi connectivity index (χ4v) is 3.17. The average Bonchev–Trinajstić information content (AvgIpc) is 3.14. The maximum atomic E-state index is 12.8. The normalized spacial score (nSPS) is 17.0. The molecule has 0 fully saturated rings. The lowest BCUT2D eigenvalue weighted by molar-refractivity contribution is -0.120. The number of aromatic nitrogens is 2. The molecule has 1 aliphatic heterocycles. The third-order valence-corrected chi connectivity index (χ3v) is 4.30. The third-order valence-electron chi connectivity index (χ3n) is 4.30. The van der Waals surface area contributed by atoms with Crippen molar-refractivity contribution in [3.05, 3.63) is 53.5 Å². The first-order chi connectivity index (χ1) is 11.5. The Bertz CT molecular complexity index is 923. The lowest BCUT2D eigenvalue weighted by atomic mass is 9.96. The summed E-state index contributed by atoms with van der Waals surface area (Å²) < 4.78 is 7.28. The molecule has 2 aromatic heterocycles. The predicted molar refractivity (Wildman–Crippen MR) is 86.1 cm³/mol. The summed E-state index contributed by atoms with van der Waals surface area (Å²) in [5.41, 5.74) is 7.64. The van der Waals surface area contributed by atoms with Gasteiger partial charge in [0.1, 0.15) is 5.58 Å². The summed E-state index contributed by atoms with van der Waals surface area (Å²) >= 11 is 0. The molecule has 24 heavy (non-hydrogen) atoms. The minimum absolute atomic E-state index is 0.204. The van der Waals surface area contributed by atoms with Crippen molar-refractivity contribution in [3.63, 3.8) is 0 Å². The van der Waals surface area contributed by atoms with Gasteiger partial charge in [0, 0.05) is 37.3 Å². The molecule has 3 aromatic rings. The van der Waals surface area contributed by atoms with Gasteiger partial charge < -0.3 is 15.1 Å². The Morgan fingerprint density at radius 1 is 1.33 bits per heavy atom. The van der Waals surface area contributed by atoms with Crippen molar-refractivity contribution in [1.82, 2.24) is 14.7 Å². The second-order valence-electron chi connectivity index (χ2n) is 6.00. The van der Waals surface area contributed by atoms with Gasteiger partial charge in [0.15, 0.2) is 5.76 Å². The highest BCUT2D eigenvalue weighted by molar-refractivity contribution is 5.96. The van der Waals surface area contributed by atoms with Gasteiger partial charge >= 0.3 is 0 Å². The molecule has 0 bridgehead atoms. The Hall–Kier alpha value is -3.09. The van der Waals surface area contributed by atoms with Crippen LogP contribution < -0.4 is 5.73 Å². The third kappa shape index (κ3) is 2.25. The molecule has 3 heterocycles. The number of nitrogens with zero attached hydrogens (tertiary/aromatic N) is 3. The van der Waals surface area contributed by atoms with E-state index in [2.05, 4.69) is 5.10 Å². The van der Waals surface area contributed by atoms with Gasteiger partial charge in [-0.15, -0.1) is 0 Å². The maximum absolute atomic E-state index is 12.8. The zero-order chi connectivity index (χ0) is 16.8. The van der Waals surface area contributed by atoms with Crippen LogP contribution in [0.1, 0.15) is 27.7 Å². The Morgan fingerprint density at radius 3 is 2.88 bits per heavy atom. The van der Waals surface area contributed by atoms with Crippen LogP contribution in [0.5, 0.6) is 0 Å². The largest absolute Gasteiger partial charge is 0.451 e. The SMILES string of the molecule is Cn1cc2c(n1)[C@@H](C(N)=O)CN(C(=O)c1cc3ccccc3o1)C2. The van der Waals surface area contributed by atoms with E-state index in [4.69, 9.17) is 10.2 Å². The summed E-state index contributed by atoms with van der Waals surface area (Å²) in [4.78, 5) is 26.2. The first-order valence-electron chi connectivity index (χ1n) is 7.62. The Labute approximate surface area is 137 Å². The van der Waals surface area contributed by atoms with E-state index in [1.165, 1.54) is 0 Å². The van der Waals surface area contributed by atoms with Crippen molar-refractivity contribution in [3.8, 4) is 0 Å². The number of furan rings is 1. The number of nitrogens with two attached hydrogens (primary N) is 1. The molecule has 1 aliphatic rings. The molecule has 1 atom stereocenters. The number of para-hydroxylation sites is 1. The van der Waals surface area contributed by atoms with Gasteiger partial charge in [0.25, 0.3) is 5.91 Å². The molecule has 122 valence electrons. The standard InChI is InChI=1S/C17H16N4O3/c1-20-7-11-8-21(9-12(16(18)22)15(11)19-20)17(23)14-6-10-4-2-3-5-13(10)24-14/h2-7,12H,8-9H2,1H3,(H2,18,22)/t12-/m0/s1. The zero-order valence-electron chi connectivity index (χ0n) is 13.1. The van der Waals surface area contributed by atoms with E-state index in [1.54, 1.807) is 22.7 Å². The molecule has 1 aromatic carbocycles.